The summed E-state index contributed by atoms with van der Waals surface area (Å²) in [7, 11) is 0. The van der Waals surface area contributed by atoms with Crippen molar-refractivity contribution in [1.82, 2.24) is 9.97 Å². The van der Waals surface area contributed by atoms with Gasteiger partial charge < -0.3 is 10.4 Å². The van der Waals surface area contributed by atoms with Gasteiger partial charge in [-0.05, 0) is 18.2 Å². The summed E-state index contributed by atoms with van der Waals surface area (Å²) in [4.78, 5) is 19.4. The van der Waals surface area contributed by atoms with Crippen LogP contribution in [0.15, 0.2) is 30.6 Å². The topological polar surface area (TPSA) is 75.1 Å². The molecule has 0 aliphatic carbocycles. The average molecular weight is 284 g/mol. The van der Waals surface area contributed by atoms with Crippen LogP contribution >= 0.6 is 23.2 Å². The Morgan fingerprint density at radius 2 is 2.06 bits per heavy atom. The number of nitrogens with zero attached hydrogens (tertiary/aromatic N) is 2. The number of carbonyl (C=O) groups is 1. The molecule has 2 N–H and O–H groups in total. The summed E-state index contributed by atoms with van der Waals surface area (Å²) in [5.41, 5.74) is 0.524. The Morgan fingerprint density at radius 3 is 2.72 bits per heavy atom. The van der Waals surface area contributed by atoms with E-state index in [1.54, 1.807) is 0 Å². The molecule has 0 atom stereocenters. The van der Waals surface area contributed by atoms with Gasteiger partial charge in [-0.25, -0.2) is 4.98 Å². The molecule has 1 heterocycles. The molecule has 92 valence electrons. The Bertz CT molecular complexity index is 605. The third kappa shape index (κ3) is 2.88. The highest BCUT2D eigenvalue weighted by molar-refractivity contribution is 6.32. The number of halogens is 2. The first kappa shape index (κ1) is 12.6. The molecule has 0 saturated heterocycles. The van der Waals surface area contributed by atoms with Crippen LogP contribution in [0.4, 0.5) is 5.69 Å². The van der Waals surface area contributed by atoms with E-state index in [2.05, 4.69) is 15.3 Å². The first-order valence-electron chi connectivity index (χ1n) is 4.83. The lowest BCUT2D eigenvalue weighted by Crippen LogP contribution is -2.14. The number of carbonyl (C=O) groups excluding carboxylic acids is 1. The van der Waals surface area contributed by atoms with Gasteiger partial charge in [0.25, 0.3) is 5.91 Å². The molecule has 1 aromatic heterocycles. The maximum Gasteiger partial charge on any atom is 0.275 e. The second-order valence-corrected chi connectivity index (χ2v) is 4.14. The predicted octanol–water partition coefficient (Wildman–Crippen LogP) is 2.74. The van der Waals surface area contributed by atoms with Crippen LogP contribution in [0.2, 0.25) is 10.2 Å². The van der Waals surface area contributed by atoms with Gasteiger partial charge in [0, 0.05) is 5.69 Å². The van der Waals surface area contributed by atoms with E-state index in [4.69, 9.17) is 23.2 Å². The highest BCUT2D eigenvalue weighted by Gasteiger charge is 2.09. The number of phenols is 1. The van der Waals surface area contributed by atoms with Crippen molar-refractivity contribution in [3.8, 4) is 5.75 Å². The number of anilines is 1. The lowest BCUT2D eigenvalue weighted by molar-refractivity contribution is 0.102. The van der Waals surface area contributed by atoms with Crippen molar-refractivity contribution < 1.29 is 9.90 Å². The highest BCUT2D eigenvalue weighted by Crippen LogP contribution is 2.26. The van der Waals surface area contributed by atoms with Gasteiger partial charge in [0.05, 0.1) is 17.4 Å². The fraction of sp³-hybridized carbons (Fsp3) is 0. The van der Waals surface area contributed by atoms with Crippen molar-refractivity contribution in [2.24, 2.45) is 0 Å². The number of phenolic OH excluding ortho intramolecular Hbond substituents is 1. The smallest absolute Gasteiger partial charge is 0.275 e. The number of nitrogens with one attached hydrogen (secondary N) is 1. The molecule has 1 aromatic carbocycles. The minimum atomic E-state index is -0.466. The Hall–Kier alpha value is -1.85. The Balaban J connectivity index is 2.18. The summed E-state index contributed by atoms with van der Waals surface area (Å²) in [5.74, 6) is -0.524. The molecule has 0 aliphatic heterocycles. The summed E-state index contributed by atoms with van der Waals surface area (Å²) in [5, 5.41) is 12.1. The zero-order valence-corrected chi connectivity index (χ0v) is 10.4. The minimum absolute atomic E-state index is 0.0581. The summed E-state index contributed by atoms with van der Waals surface area (Å²) >= 11 is 11.3. The van der Waals surface area contributed by atoms with E-state index >= 15 is 0 Å². The number of benzene rings is 1. The van der Waals surface area contributed by atoms with Crippen molar-refractivity contribution in [2.75, 3.05) is 5.32 Å². The van der Waals surface area contributed by atoms with Gasteiger partial charge in [-0.15, -0.1) is 0 Å². The van der Waals surface area contributed by atoms with Gasteiger partial charge in [0.1, 0.15) is 16.6 Å². The lowest BCUT2D eigenvalue weighted by atomic mass is 10.3. The second-order valence-electron chi connectivity index (χ2n) is 3.35. The van der Waals surface area contributed by atoms with Gasteiger partial charge in [0.15, 0.2) is 0 Å². The summed E-state index contributed by atoms with van der Waals surface area (Å²) < 4.78 is 0. The molecule has 1 amide bonds. The van der Waals surface area contributed by atoms with Crippen molar-refractivity contribution in [2.45, 2.75) is 0 Å². The van der Waals surface area contributed by atoms with Crippen LogP contribution in [0.25, 0.3) is 0 Å². The van der Waals surface area contributed by atoms with E-state index in [1.807, 2.05) is 0 Å². The monoisotopic (exact) mass is 283 g/mol. The van der Waals surface area contributed by atoms with E-state index < -0.39 is 5.91 Å². The van der Waals surface area contributed by atoms with Gasteiger partial charge in [0.2, 0.25) is 0 Å². The third-order valence-corrected chi connectivity index (χ3v) is 2.53. The number of aromatic nitrogens is 2. The molecule has 2 rings (SSSR count). The van der Waals surface area contributed by atoms with Crippen LogP contribution in [0.1, 0.15) is 10.5 Å². The quantitative estimate of drug-likeness (QED) is 0.831. The molecule has 0 saturated carbocycles. The average Bonchev–Trinajstić information content (AvgIpc) is 2.34. The van der Waals surface area contributed by atoms with E-state index in [9.17, 15) is 9.90 Å². The third-order valence-electron chi connectivity index (χ3n) is 2.04. The molecule has 0 bridgehead atoms. The maximum atomic E-state index is 11.8. The molecular weight excluding hydrogens is 277 g/mol. The molecule has 18 heavy (non-hydrogen) atoms. The van der Waals surface area contributed by atoms with Gasteiger partial charge in [-0.3, -0.25) is 9.78 Å². The SMILES string of the molecule is O=C(Nc1ccc(O)c(Cl)c1)c1cncc(Cl)n1. The molecule has 7 heteroatoms. The first-order chi connectivity index (χ1) is 8.56. The van der Waals surface area contributed by atoms with E-state index in [0.29, 0.717) is 5.69 Å². The Morgan fingerprint density at radius 1 is 1.28 bits per heavy atom. The molecular formula is C11H7Cl2N3O2. The van der Waals surface area contributed by atoms with Gasteiger partial charge >= 0.3 is 0 Å². The van der Waals surface area contributed by atoms with Crippen LogP contribution in [-0.4, -0.2) is 21.0 Å². The molecule has 0 aliphatic rings. The largest absolute Gasteiger partial charge is 0.506 e. The van der Waals surface area contributed by atoms with Gasteiger partial charge in [-0.1, -0.05) is 23.2 Å². The van der Waals surface area contributed by atoms with E-state index in [1.165, 1.54) is 30.6 Å². The van der Waals surface area contributed by atoms with Gasteiger partial charge in [-0.2, -0.15) is 0 Å². The number of hydrogen-bond donors (Lipinski definition) is 2. The summed E-state index contributed by atoms with van der Waals surface area (Å²) in [6.07, 6.45) is 2.62. The van der Waals surface area contributed by atoms with Crippen molar-refractivity contribution in [1.29, 1.82) is 0 Å². The minimum Gasteiger partial charge on any atom is -0.506 e. The normalized spacial score (nSPS) is 10.1. The van der Waals surface area contributed by atoms with Crippen molar-refractivity contribution in [3.05, 3.63) is 46.5 Å². The van der Waals surface area contributed by atoms with Crippen molar-refractivity contribution in [3.63, 3.8) is 0 Å². The van der Waals surface area contributed by atoms with E-state index in [0.717, 1.165) is 0 Å². The highest BCUT2D eigenvalue weighted by atomic mass is 35.5. The molecule has 5 nitrogen and oxygen atoms in total. The zero-order valence-electron chi connectivity index (χ0n) is 8.89. The summed E-state index contributed by atoms with van der Waals surface area (Å²) in [6, 6.07) is 4.31. The Labute approximate surface area is 112 Å². The summed E-state index contributed by atoms with van der Waals surface area (Å²) in [6.45, 7) is 0. The van der Waals surface area contributed by atoms with Crippen LogP contribution in [0.5, 0.6) is 5.75 Å². The van der Waals surface area contributed by atoms with Crippen molar-refractivity contribution >= 4 is 34.8 Å². The molecule has 0 unspecified atom stereocenters. The Kier molecular flexibility index (Phi) is 3.64. The zero-order chi connectivity index (χ0) is 13.1. The van der Waals surface area contributed by atoms with Crippen LogP contribution in [0.3, 0.4) is 0 Å². The standard InChI is InChI=1S/C11H7Cl2N3O2/c12-7-3-6(1-2-9(7)17)15-11(18)8-4-14-5-10(13)16-8/h1-5,17H,(H,15,18). The molecule has 0 radical (unpaired) electrons. The second kappa shape index (κ2) is 5.20. The van der Waals surface area contributed by atoms with Crippen LogP contribution in [0, 0.1) is 0 Å². The molecule has 0 fully saturated rings. The number of aromatic hydroxyl groups is 1. The predicted molar refractivity (Wildman–Crippen MR) is 68.1 cm³/mol. The lowest BCUT2D eigenvalue weighted by Gasteiger charge is -2.05. The van der Waals surface area contributed by atoms with Crippen LogP contribution < -0.4 is 5.32 Å². The van der Waals surface area contributed by atoms with E-state index in [-0.39, 0.29) is 21.6 Å². The first-order valence-corrected chi connectivity index (χ1v) is 5.59. The fourth-order valence-corrected chi connectivity index (χ4v) is 1.56. The maximum absolute atomic E-state index is 11.8. The molecule has 0 spiro atoms. The van der Waals surface area contributed by atoms with Crippen LogP contribution in [-0.2, 0) is 0 Å². The fourth-order valence-electron chi connectivity index (χ4n) is 1.23. The number of hydrogen-bond acceptors (Lipinski definition) is 4. The molecule has 2 aromatic rings. The number of amides is 1. The number of rotatable bonds is 2.